The molecule has 5 heteroatoms. The highest BCUT2D eigenvalue weighted by molar-refractivity contribution is 5.34. The van der Waals surface area contributed by atoms with Gasteiger partial charge in [0.1, 0.15) is 0 Å². The third-order valence-corrected chi connectivity index (χ3v) is 3.09. The van der Waals surface area contributed by atoms with Crippen molar-refractivity contribution in [3.05, 3.63) is 0 Å². The van der Waals surface area contributed by atoms with Crippen LogP contribution >= 0.6 is 0 Å². The van der Waals surface area contributed by atoms with Crippen molar-refractivity contribution in [2.24, 2.45) is 5.92 Å². The molecule has 0 aromatic carbocycles. The molecule has 1 fully saturated rings. The van der Waals surface area contributed by atoms with Crippen LogP contribution in [0.5, 0.6) is 0 Å². The highest BCUT2D eigenvalue weighted by Gasteiger charge is 2.20. The molecule has 0 atom stereocenters. The Labute approximate surface area is 90.1 Å². The number of hydrogen-bond acceptors (Lipinski definition) is 4. The summed E-state index contributed by atoms with van der Waals surface area (Å²) in [4.78, 5) is 6.35. The molecule has 15 heavy (non-hydrogen) atoms. The Balaban J connectivity index is 1.88. The lowest BCUT2D eigenvalue weighted by atomic mass is 9.93. The normalized spacial score (nSPS) is 18.3. The molecule has 0 saturated carbocycles. The van der Waals surface area contributed by atoms with Gasteiger partial charge in [-0.25, -0.2) is 5.10 Å². The zero-order chi connectivity index (χ0) is 10.7. The van der Waals surface area contributed by atoms with Gasteiger partial charge in [0.15, 0.2) is 0 Å². The first kappa shape index (κ1) is 10.3. The van der Waals surface area contributed by atoms with Gasteiger partial charge in [-0.1, -0.05) is 19.8 Å². The smallest absolute Gasteiger partial charge is 0.246 e. The fourth-order valence-electron chi connectivity index (χ4n) is 2.24. The molecule has 0 aliphatic carbocycles. The molecular weight excluding hydrogens is 190 g/mol. The Hall–Kier alpha value is -1.26. The van der Waals surface area contributed by atoms with Crippen LogP contribution in [-0.4, -0.2) is 28.3 Å². The monoisotopic (exact) mass is 209 g/mol. The predicted octanol–water partition coefficient (Wildman–Crippen LogP) is 1.40. The second-order valence-electron chi connectivity index (χ2n) is 4.24. The molecule has 3 N–H and O–H groups in total. The summed E-state index contributed by atoms with van der Waals surface area (Å²) >= 11 is 0. The third kappa shape index (κ3) is 2.40. The van der Waals surface area contributed by atoms with E-state index in [1.165, 1.54) is 25.7 Å². The van der Waals surface area contributed by atoms with Crippen molar-refractivity contribution in [1.82, 2.24) is 15.2 Å². The maximum atomic E-state index is 5.50. The molecular formula is C10H19N5. The fourth-order valence-corrected chi connectivity index (χ4v) is 2.24. The average molecular weight is 209 g/mol. The van der Waals surface area contributed by atoms with Crippen LogP contribution in [0.25, 0.3) is 0 Å². The summed E-state index contributed by atoms with van der Waals surface area (Å²) in [5, 5.41) is 6.75. The molecule has 0 bridgehead atoms. The fraction of sp³-hybridized carbons (Fsp3) is 0.800. The number of nitrogens with one attached hydrogen (secondary N) is 1. The standard InChI is InChI=1S/C10H19N5/c1-2-3-8-4-6-15(7-5-8)10-12-9(11)13-14-10/h8H,2-7H2,1H3,(H3,11,12,13,14). The number of nitrogens with zero attached hydrogens (tertiary/aromatic N) is 3. The van der Waals surface area contributed by atoms with Gasteiger partial charge in [0.05, 0.1) is 0 Å². The quantitative estimate of drug-likeness (QED) is 0.789. The number of aromatic amines is 1. The number of nitrogen functional groups attached to an aromatic ring is 1. The van der Waals surface area contributed by atoms with E-state index >= 15 is 0 Å². The van der Waals surface area contributed by atoms with Gasteiger partial charge in [0, 0.05) is 13.1 Å². The number of piperidine rings is 1. The first-order chi connectivity index (χ1) is 7.29. The van der Waals surface area contributed by atoms with Crippen molar-refractivity contribution in [3.63, 3.8) is 0 Å². The van der Waals surface area contributed by atoms with E-state index in [4.69, 9.17) is 5.73 Å². The van der Waals surface area contributed by atoms with Crippen LogP contribution < -0.4 is 10.6 Å². The summed E-state index contributed by atoms with van der Waals surface area (Å²) in [6.45, 7) is 4.37. The summed E-state index contributed by atoms with van der Waals surface area (Å²) in [7, 11) is 0. The van der Waals surface area contributed by atoms with Gasteiger partial charge in [-0.15, -0.1) is 5.10 Å². The number of hydrogen-bond donors (Lipinski definition) is 2. The minimum atomic E-state index is 0.403. The zero-order valence-corrected chi connectivity index (χ0v) is 9.24. The summed E-state index contributed by atoms with van der Waals surface area (Å²) in [5.74, 6) is 2.05. The number of aromatic nitrogens is 3. The van der Waals surface area contributed by atoms with Crippen molar-refractivity contribution < 1.29 is 0 Å². The van der Waals surface area contributed by atoms with Crippen molar-refractivity contribution in [3.8, 4) is 0 Å². The number of nitrogens with two attached hydrogens (primary N) is 1. The SMILES string of the molecule is CCCC1CCN(c2n[nH]c(N)n2)CC1. The highest BCUT2D eigenvalue weighted by Crippen LogP contribution is 2.23. The molecule has 5 nitrogen and oxygen atoms in total. The minimum Gasteiger partial charge on any atom is -0.368 e. The van der Waals surface area contributed by atoms with Gasteiger partial charge < -0.3 is 10.6 Å². The first-order valence-electron chi connectivity index (χ1n) is 5.72. The lowest BCUT2D eigenvalue weighted by molar-refractivity contribution is 0.376. The Morgan fingerprint density at radius 3 is 2.73 bits per heavy atom. The molecule has 0 unspecified atom stereocenters. The van der Waals surface area contributed by atoms with Crippen LogP contribution in [0.4, 0.5) is 11.9 Å². The summed E-state index contributed by atoms with van der Waals surface area (Å²) < 4.78 is 0. The summed E-state index contributed by atoms with van der Waals surface area (Å²) in [6.07, 6.45) is 5.15. The molecule has 1 aliphatic heterocycles. The molecule has 2 rings (SSSR count). The molecule has 1 saturated heterocycles. The average Bonchev–Trinajstić information content (AvgIpc) is 2.67. The minimum absolute atomic E-state index is 0.403. The Bertz CT molecular complexity index is 301. The van der Waals surface area contributed by atoms with E-state index in [1.54, 1.807) is 0 Å². The Morgan fingerprint density at radius 2 is 2.20 bits per heavy atom. The van der Waals surface area contributed by atoms with Crippen LogP contribution in [0.3, 0.4) is 0 Å². The lowest BCUT2D eigenvalue weighted by Gasteiger charge is -2.30. The molecule has 0 amide bonds. The van der Waals surface area contributed by atoms with Gasteiger partial charge in [0.2, 0.25) is 11.9 Å². The van der Waals surface area contributed by atoms with E-state index in [-0.39, 0.29) is 0 Å². The number of H-pyrrole nitrogens is 1. The highest BCUT2D eigenvalue weighted by atomic mass is 15.4. The topological polar surface area (TPSA) is 70.8 Å². The molecule has 2 heterocycles. The van der Waals surface area contributed by atoms with Crippen LogP contribution in [-0.2, 0) is 0 Å². The van der Waals surface area contributed by atoms with Gasteiger partial charge >= 0.3 is 0 Å². The van der Waals surface area contributed by atoms with E-state index in [2.05, 4.69) is 27.0 Å². The van der Waals surface area contributed by atoms with Crippen molar-refractivity contribution in [2.45, 2.75) is 32.6 Å². The zero-order valence-electron chi connectivity index (χ0n) is 9.24. The predicted molar refractivity (Wildman–Crippen MR) is 60.6 cm³/mol. The van der Waals surface area contributed by atoms with Crippen LogP contribution in [0, 0.1) is 5.92 Å². The second-order valence-corrected chi connectivity index (χ2v) is 4.24. The van der Waals surface area contributed by atoms with E-state index < -0.39 is 0 Å². The van der Waals surface area contributed by atoms with E-state index in [1.807, 2.05) is 0 Å². The van der Waals surface area contributed by atoms with Gasteiger partial charge in [-0.3, -0.25) is 0 Å². The van der Waals surface area contributed by atoms with Gasteiger partial charge in [-0.2, -0.15) is 4.98 Å². The van der Waals surface area contributed by atoms with Gasteiger partial charge in [-0.05, 0) is 18.8 Å². The maximum absolute atomic E-state index is 5.50. The maximum Gasteiger partial charge on any atom is 0.246 e. The first-order valence-corrected chi connectivity index (χ1v) is 5.72. The van der Waals surface area contributed by atoms with E-state index in [0.717, 1.165) is 25.0 Å². The van der Waals surface area contributed by atoms with E-state index in [9.17, 15) is 0 Å². The molecule has 1 aromatic rings. The van der Waals surface area contributed by atoms with Crippen LogP contribution in [0.1, 0.15) is 32.6 Å². The third-order valence-electron chi connectivity index (χ3n) is 3.09. The van der Waals surface area contributed by atoms with Gasteiger partial charge in [0.25, 0.3) is 0 Å². The molecule has 84 valence electrons. The summed E-state index contributed by atoms with van der Waals surface area (Å²) in [6, 6.07) is 0. The van der Waals surface area contributed by atoms with Crippen LogP contribution in [0.15, 0.2) is 0 Å². The Morgan fingerprint density at radius 1 is 1.47 bits per heavy atom. The van der Waals surface area contributed by atoms with Crippen molar-refractivity contribution >= 4 is 11.9 Å². The van der Waals surface area contributed by atoms with Crippen molar-refractivity contribution in [2.75, 3.05) is 23.7 Å². The largest absolute Gasteiger partial charge is 0.368 e. The van der Waals surface area contributed by atoms with Crippen molar-refractivity contribution in [1.29, 1.82) is 0 Å². The van der Waals surface area contributed by atoms with Crippen LogP contribution in [0.2, 0.25) is 0 Å². The molecule has 1 aliphatic rings. The second kappa shape index (κ2) is 4.51. The molecule has 1 aromatic heterocycles. The number of rotatable bonds is 3. The molecule has 0 spiro atoms. The van der Waals surface area contributed by atoms with E-state index in [0.29, 0.717) is 5.95 Å². The Kier molecular flexibility index (Phi) is 3.08. The summed E-state index contributed by atoms with van der Waals surface area (Å²) in [5.41, 5.74) is 5.50. The number of anilines is 2. The lowest BCUT2D eigenvalue weighted by Crippen LogP contribution is -2.34. The molecule has 0 radical (unpaired) electrons.